The number of benzene rings is 1. The van der Waals surface area contributed by atoms with E-state index in [2.05, 4.69) is 0 Å². The Kier molecular flexibility index (Phi) is 3.66. The number of aromatic nitrogens is 1. The van der Waals surface area contributed by atoms with Gasteiger partial charge in [-0.2, -0.15) is 9.99 Å². The topological polar surface area (TPSA) is 110 Å². The summed E-state index contributed by atoms with van der Waals surface area (Å²) in [5.74, 6) is -0.146. The summed E-state index contributed by atoms with van der Waals surface area (Å²) in [4.78, 5) is 12.6. The van der Waals surface area contributed by atoms with Crippen molar-refractivity contribution < 1.29 is 14.7 Å². The van der Waals surface area contributed by atoms with Crippen molar-refractivity contribution in [3.05, 3.63) is 69.0 Å². The van der Waals surface area contributed by atoms with Crippen LogP contribution in [0.2, 0.25) is 0 Å². The molecule has 1 aromatic carbocycles. The first kappa shape index (κ1) is 15.5. The highest BCUT2D eigenvalue weighted by atomic mass is 16.5. The van der Waals surface area contributed by atoms with Crippen molar-refractivity contribution in [2.45, 2.75) is 12.8 Å². The largest absolute Gasteiger partial charge is 0.496 e. The zero-order chi connectivity index (χ0) is 17.4. The van der Waals surface area contributed by atoms with Gasteiger partial charge in [0.05, 0.1) is 24.3 Å². The van der Waals surface area contributed by atoms with E-state index in [4.69, 9.17) is 15.2 Å². The van der Waals surface area contributed by atoms with Gasteiger partial charge in [0.25, 0.3) is 5.56 Å². The third kappa shape index (κ3) is 2.16. The number of nitriles is 1. The van der Waals surface area contributed by atoms with E-state index in [0.29, 0.717) is 21.7 Å². The molecule has 0 bridgehead atoms. The smallest absolute Gasteiger partial charge is 0.291 e. The first-order valence-corrected chi connectivity index (χ1v) is 7.15. The number of nitrogens with two attached hydrogens (primary N) is 1. The highest BCUT2D eigenvalue weighted by molar-refractivity contribution is 5.57. The summed E-state index contributed by atoms with van der Waals surface area (Å²) in [6.07, 6.45) is 0. The summed E-state index contributed by atoms with van der Waals surface area (Å²) in [5, 5.41) is 19.5. The molecule has 3 N–H and O–H groups in total. The zero-order valence-electron chi connectivity index (χ0n) is 13.1. The van der Waals surface area contributed by atoms with Gasteiger partial charge in [-0.1, -0.05) is 18.2 Å². The molecule has 1 aromatic heterocycles. The molecule has 7 heteroatoms. The fourth-order valence-corrected chi connectivity index (χ4v) is 2.85. The Morgan fingerprint density at radius 1 is 1.42 bits per heavy atom. The van der Waals surface area contributed by atoms with Gasteiger partial charge in [-0.25, -0.2) is 0 Å². The van der Waals surface area contributed by atoms with Crippen molar-refractivity contribution in [2.24, 2.45) is 5.73 Å². The quantitative estimate of drug-likeness (QED) is 0.812. The number of hydrogen-bond acceptors (Lipinski definition) is 6. The Morgan fingerprint density at radius 2 is 2.12 bits per heavy atom. The Bertz CT molecular complexity index is 953. The van der Waals surface area contributed by atoms with Gasteiger partial charge >= 0.3 is 0 Å². The van der Waals surface area contributed by atoms with Gasteiger partial charge in [0.2, 0.25) is 5.88 Å². The summed E-state index contributed by atoms with van der Waals surface area (Å²) < 4.78 is 11.3. The third-order valence-electron chi connectivity index (χ3n) is 4.00. The SMILES string of the molecule is COc1ccccc1[C@@H]1C(C#N)=C(N)Oc2cc(C)n(O)c(=O)c21. The number of allylic oxidation sites excluding steroid dienone is 1. The minimum absolute atomic E-state index is 0.0737. The molecule has 7 nitrogen and oxygen atoms in total. The van der Waals surface area contributed by atoms with Crippen molar-refractivity contribution in [1.29, 1.82) is 5.26 Å². The van der Waals surface area contributed by atoms with Crippen molar-refractivity contribution in [1.82, 2.24) is 4.73 Å². The predicted molar refractivity (Wildman–Crippen MR) is 84.9 cm³/mol. The Labute approximate surface area is 137 Å². The van der Waals surface area contributed by atoms with E-state index >= 15 is 0 Å². The van der Waals surface area contributed by atoms with Crippen LogP contribution in [0.25, 0.3) is 0 Å². The molecule has 0 unspecified atom stereocenters. The number of fused-ring (bicyclic) bond motifs is 1. The molecule has 0 aliphatic carbocycles. The average Bonchev–Trinajstić information content (AvgIpc) is 2.58. The molecular weight excluding hydrogens is 310 g/mol. The standard InChI is InChI=1S/C17H15N3O4/c1-9-7-13-15(17(21)20(9)22)14(11(8-18)16(19)24-13)10-5-3-4-6-12(10)23-2/h3-7,14,22H,19H2,1-2H3/t14-/m1/s1. The fourth-order valence-electron chi connectivity index (χ4n) is 2.85. The van der Waals surface area contributed by atoms with Crippen LogP contribution in [0.5, 0.6) is 11.5 Å². The first-order chi connectivity index (χ1) is 11.5. The van der Waals surface area contributed by atoms with Crippen LogP contribution in [-0.4, -0.2) is 17.0 Å². The van der Waals surface area contributed by atoms with E-state index < -0.39 is 11.5 Å². The van der Waals surface area contributed by atoms with E-state index in [1.165, 1.54) is 13.2 Å². The average molecular weight is 325 g/mol. The second kappa shape index (κ2) is 5.66. The number of nitrogens with zero attached hydrogens (tertiary/aromatic N) is 2. The summed E-state index contributed by atoms with van der Waals surface area (Å²) >= 11 is 0. The van der Waals surface area contributed by atoms with Crippen molar-refractivity contribution in [3.63, 3.8) is 0 Å². The summed E-state index contributed by atoms with van der Waals surface area (Å²) in [7, 11) is 1.50. The van der Waals surface area contributed by atoms with E-state index in [1.807, 2.05) is 6.07 Å². The lowest BCUT2D eigenvalue weighted by Crippen LogP contribution is -2.32. The van der Waals surface area contributed by atoms with Gasteiger partial charge < -0.3 is 20.4 Å². The molecule has 0 saturated heterocycles. The normalized spacial score (nSPS) is 16.1. The van der Waals surface area contributed by atoms with Gasteiger partial charge in [0.15, 0.2) is 0 Å². The minimum Gasteiger partial charge on any atom is -0.496 e. The molecule has 0 fully saturated rings. The Morgan fingerprint density at radius 3 is 2.79 bits per heavy atom. The molecule has 0 spiro atoms. The molecule has 1 aliphatic heterocycles. The molecule has 1 aliphatic rings. The van der Waals surface area contributed by atoms with E-state index in [9.17, 15) is 15.3 Å². The monoisotopic (exact) mass is 325 g/mol. The Hall–Kier alpha value is -3.40. The van der Waals surface area contributed by atoms with E-state index in [-0.39, 0.29) is 22.8 Å². The van der Waals surface area contributed by atoms with Crippen molar-refractivity contribution >= 4 is 0 Å². The van der Waals surface area contributed by atoms with Gasteiger partial charge in [-0.05, 0) is 13.0 Å². The number of ether oxygens (including phenoxy) is 2. The molecule has 2 heterocycles. The fraction of sp³-hybridized carbons (Fsp3) is 0.176. The molecule has 0 amide bonds. The highest BCUT2D eigenvalue weighted by Crippen LogP contribution is 2.43. The number of aryl methyl sites for hydroxylation is 1. The van der Waals surface area contributed by atoms with Crippen molar-refractivity contribution in [3.8, 4) is 17.6 Å². The van der Waals surface area contributed by atoms with Crippen LogP contribution in [0.3, 0.4) is 0 Å². The molecule has 0 saturated carbocycles. The lowest BCUT2D eigenvalue weighted by atomic mass is 9.83. The number of methoxy groups -OCH3 is 1. The Balaban J connectivity index is 2.38. The number of rotatable bonds is 2. The zero-order valence-corrected chi connectivity index (χ0v) is 13.1. The van der Waals surface area contributed by atoms with Crippen LogP contribution in [0, 0.1) is 18.3 Å². The van der Waals surface area contributed by atoms with Crippen LogP contribution in [-0.2, 0) is 0 Å². The highest BCUT2D eigenvalue weighted by Gasteiger charge is 2.35. The maximum absolute atomic E-state index is 12.6. The summed E-state index contributed by atoms with van der Waals surface area (Å²) in [6.45, 7) is 1.56. The maximum atomic E-state index is 12.6. The second-order valence-electron chi connectivity index (χ2n) is 5.35. The second-order valence-corrected chi connectivity index (χ2v) is 5.35. The molecule has 1 atom stereocenters. The third-order valence-corrected chi connectivity index (χ3v) is 4.00. The lowest BCUT2D eigenvalue weighted by molar-refractivity contribution is 0.165. The minimum atomic E-state index is -0.790. The summed E-state index contributed by atoms with van der Waals surface area (Å²) in [5.41, 5.74) is 6.33. The van der Waals surface area contributed by atoms with Crippen LogP contribution in [0.15, 0.2) is 46.6 Å². The predicted octanol–water partition coefficient (Wildman–Crippen LogP) is 1.62. The van der Waals surface area contributed by atoms with Crippen LogP contribution in [0.4, 0.5) is 0 Å². The molecule has 0 radical (unpaired) electrons. The van der Waals surface area contributed by atoms with Gasteiger partial charge in [0.1, 0.15) is 23.1 Å². The summed E-state index contributed by atoms with van der Waals surface area (Å²) in [6, 6.07) is 10.5. The molecule has 2 aromatic rings. The molecular formula is C17H15N3O4. The lowest BCUT2D eigenvalue weighted by Gasteiger charge is -2.27. The number of para-hydroxylation sites is 1. The van der Waals surface area contributed by atoms with Gasteiger partial charge in [-0.15, -0.1) is 0 Å². The van der Waals surface area contributed by atoms with Gasteiger partial charge in [0, 0.05) is 11.6 Å². The van der Waals surface area contributed by atoms with Crippen LogP contribution < -0.4 is 20.8 Å². The number of hydrogen-bond donors (Lipinski definition) is 2. The van der Waals surface area contributed by atoms with Crippen molar-refractivity contribution in [2.75, 3.05) is 7.11 Å². The molecule has 122 valence electrons. The van der Waals surface area contributed by atoms with E-state index in [0.717, 1.165) is 0 Å². The maximum Gasteiger partial charge on any atom is 0.291 e. The van der Waals surface area contributed by atoms with E-state index in [1.54, 1.807) is 31.2 Å². The molecule has 3 rings (SSSR count). The van der Waals surface area contributed by atoms with Gasteiger partial charge in [-0.3, -0.25) is 4.79 Å². The first-order valence-electron chi connectivity index (χ1n) is 7.15. The number of pyridine rings is 1. The van der Waals surface area contributed by atoms with Crippen LogP contribution >= 0.6 is 0 Å². The molecule has 24 heavy (non-hydrogen) atoms. The van der Waals surface area contributed by atoms with Crippen LogP contribution in [0.1, 0.15) is 22.7 Å².